The molecule has 6 heteroatoms. The van der Waals surface area contributed by atoms with Crippen LogP contribution in [-0.4, -0.2) is 23.0 Å². The van der Waals surface area contributed by atoms with E-state index in [0.29, 0.717) is 35.0 Å². The Kier molecular flexibility index (Phi) is 4.80. The van der Waals surface area contributed by atoms with Crippen molar-refractivity contribution in [3.8, 4) is 17.2 Å². The van der Waals surface area contributed by atoms with Crippen LogP contribution in [0.1, 0.15) is 15.9 Å². The first-order valence-corrected chi connectivity index (χ1v) is 9.87. The van der Waals surface area contributed by atoms with Gasteiger partial charge in [0, 0.05) is 18.3 Å². The molecule has 2 aromatic heterocycles. The summed E-state index contributed by atoms with van der Waals surface area (Å²) >= 11 is 0. The van der Waals surface area contributed by atoms with E-state index in [-0.39, 0.29) is 5.91 Å². The molecule has 0 atom stereocenters. The summed E-state index contributed by atoms with van der Waals surface area (Å²) in [6, 6.07) is 23.0. The molecule has 2 heterocycles. The fraction of sp³-hybridized carbons (Fsp3) is 0.0800. The number of rotatable bonds is 5. The van der Waals surface area contributed by atoms with E-state index in [1.165, 1.54) is 0 Å². The third-order valence-corrected chi connectivity index (χ3v) is 5.13. The van der Waals surface area contributed by atoms with Crippen molar-refractivity contribution in [2.24, 2.45) is 0 Å². The van der Waals surface area contributed by atoms with E-state index in [0.717, 1.165) is 21.9 Å². The van der Waals surface area contributed by atoms with Crippen LogP contribution in [0.15, 0.2) is 83.4 Å². The smallest absolute Gasteiger partial charge is 0.255 e. The van der Waals surface area contributed by atoms with Crippen LogP contribution in [-0.2, 0) is 6.54 Å². The minimum atomic E-state index is -0.184. The molecule has 0 fully saturated rings. The van der Waals surface area contributed by atoms with Crippen LogP contribution >= 0.6 is 0 Å². The zero-order valence-electron chi connectivity index (χ0n) is 16.8. The van der Waals surface area contributed by atoms with Gasteiger partial charge >= 0.3 is 0 Å². The number of methoxy groups -OCH3 is 1. The molecule has 3 aromatic carbocycles. The molecule has 1 N–H and O–H groups in total. The Hall–Kier alpha value is -4.19. The number of hydrogen-bond donors (Lipinski definition) is 1. The van der Waals surface area contributed by atoms with Crippen molar-refractivity contribution in [1.29, 1.82) is 0 Å². The van der Waals surface area contributed by atoms with Gasteiger partial charge in [-0.3, -0.25) is 4.79 Å². The number of amides is 1. The molecule has 0 saturated heterocycles. The van der Waals surface area contributed by atoms with E-state index < -0.39 is 0 Å². The highest BCUT2D eigenvalue weighted by atomic mass is 16.5. The largest absolute Gasteiger partial charge is 0.496 e. The monoisotopic (exact) mass is 409 g/mol. The molecule has 152 valence electrons. The van der Waals surface area contributed by atoms with Gasteiger partial charge in [-0.25, -0.2) is 4.98 Å². The van der Waals surface area contributed by atoms with E-state index in [2.05, 4.69) is 15.3 Å². The molecule has 0 aliphatic heterocycles. The number of ether oxygens (including phenoxy) is 1. The summed E-state index contributed by atoms with van der Waals surface area (Å²) in [4.78, 5) is 21.4. The van der Waals surface area contributed by atoms with Gasteiger partial charge < -0.3 is 14.5 Å². The van der Waals surface area contributed by atoms with Crippen molar-refractivity contribution < 1.29 is 13.9 Å². The Balaban J connectivity index is 1.32. The molecule has 0 aliphatic rings. The maximum absolute atomic E-state index is 12.8. The number of benzene rings is 3. The minimum Gasteiger partial charge on any atom is -0.496 e. The molecule has 5 rings (SSSR count). The molecular weight excluding hydrogens is 390 g/mol. The number of aromatic nitrogens is 2. The zero-order valence-corrected chi connectivity index (χ0v) is 16.8. The normalized spacial score (nSPS) is 11.0. The molecule has 0 spiro atoms. The van der Waals surface area contributed by atoms with Gasteiger partial charge in [0.1, 0.15) is 5.75 Å². The predicted octanol–water partition coefficient (Wildman–Crippen LogP) is 4.98. The maximum Gasteiger partial charge on any atom is 0.255 e. The summed E-state index contributed by atoms with van der Waals surface area (Å²) in [5, 5.41) is 4.99. The topological polar surface area (TPSA) is 77.2 Å². The summed E-state index contributed by atoms with van der Waals surface area (Å²) in [7, 11) is 1.57. The molecule has 0 radical (unpaired) electrons. The number of hydrogen-bond acceptors (Lipinski definition) is 5. The average Bonchev–Trinajstić information content (AvgIpc) is 3.26. The fourth-order valence-corrected chi connectivity index (χ4v) is 3.50. The Morgan fingerprint density at radius 1 is 1.00 bits per heavy atom. The first-order chi connectivity index (χ1) is 15.2. The lowest BCUT2D eigenvalue weighted by atomic mass is 10.1. The Labute approximate surface area is 178 Å². The van der Waals surface area contributed by atoms with Crippen molar-refractivity contribution in [1.82, 2.24) is 15.3 Å². The number of pyridine rings is 1. The highest BCUT2D eigenvalue weighted by molar-refractivity contribution is 6.01. The Bertz CT molecular complexity index is 1360. The van der Waals surface area contributed by atoms with Crippen LogP contribution in [0.5, 0.6) is 5.75 Å². The standard InChI is InChI=1S/C25H19N3O3/c1-30-22-14-19-6-3-2-5-18(19)13-20(22)24(29)27-15-16-8-10-17(11-9-16)25-28-23-21(31-25)7-4-12-26-23/h2-14H,15H2,1H3,(H,27,29). The summed E-state index contributed by atoms with van der Waals surface area (Å²) in [6.07, 6.45) is 1.69. The Morgan fingerprint density at radius 2 is 1.77 bits per heavy atom. The predicted molar refractivity (Wildman–Crippen MR) is 119 cm³/mol. The van der Waals surface area contributed by atoms with Gasteiger partial charge in [0.05, 0.1) is 12.7 Å². The Morgan fingerprint density at radius 3 is 2.52 bits per heavy atom. The maximum atomic E-state index is 12.8. The average molecular weight is 409 g/mol. The first kappa shape index (κ1) is 18.8. The highest BCUT2D eigenvalue weighted by Crippen LogP contribution is 2.26. The lowest BCUT2D eigenvalue weighted by Gasteiger charge is -2.11. The second kappa shape index (κ2) is 7.91. The highest BCUT2D eigenvalue weighted by Gasteiger charge is 2.14. The minimum absolute atomic E-state index is 0.184. The number of nitrogens with zero attached hydrogens (tertiary/aromatic N) is 2. The van der Waals surface area contributed by atoms with Gasteiger partial charge in [0.25, 0.3) is 5.91 Å². The molecule has 0 saturated carbocycles. The molecule has 6 nitrogen and oxygen atoms in total. The molecular formula is C25H19N3O3. The van der Waals surface area contributed by atoms with E-state index in [4.69, 9.17) is 9.15 Å². The third kappa shape index (κ3) is 3.71. The van der Waals surface area contributed by atoms with Gasteiger partial charge in [-0.1, -0.05) is 36.4 Å². The van der Waals surface area contributed by atoms with Crippen molar-refractivity contribution in [3.63, 3.8) is 0 Å². The van der Waals surface area contributed by atoms with Crippen molar-refractivity contribution >= 4 is 27.9 Å². The quantitative estimate of drug-likeness (QED) is 0.443. The van der Waals surface area contributed by atoms with Gasteiger partial charge in [-0.2, -0.15) is 4.98 Å². The van der Waals surface area contributed by atoms with Crippen LogP contribution in [0.3, 0.4) is 0 Å². The van der Waals surface area contributed by atoms with E-state index in [1.54, 1.807) is 13.3 Å². The van der Waals surface area contributed by atoms with Crippen molar-refractivity contribution in [3.05, 3.63) is 90.1 Å². The van der Waals surface area contributed by atoms with Crippen LogP contribution in [0, 0.1) is 0 Å². The molecule has 31 heavy (non-hydrogen) atoms. The van der Waals surface area contributed by atoms with Crippen LogP contribution in [0.2, 0.25) is 0 Å². The molecule has 5 aromatic rings. The summed E-state index contributed by atoms with van der Waals surface area (Å²) in [6.45, 7) is 0.393. The van der Waals surface area contributed by atoms with Crippen LogP contribution < -0.4 is 10.1 Å². The fourth-order valence-electron chi connectivity index (χ4n) is 3.50. The third-order valence-electron chi connectivity index (χ3n) is 5.13. The summed E-state index contributed by atoms with van der Waals surface area (Å²) in [5.41, 5.74) is 3.56. The lowest BCUT2D eigenvalue weighted by Crippen LogP contribution is -2.23. The van der Waals surface area contributed by atoms with Crippen molar-refractivity contribution in [2.75, 3.05) is 7.11 Å². The number of fused-ring (bicyclic) bond motifs is 2. The number of nitrogens with one attached hydrogen (secondary N) is 1. The van der Waals surface area contributed by atoms with Gasteiger partial charge in [-0.05, 0) is 52.7 Å². The van der Waals surface area contributed by atoms with E-state index >= 15 is 0 Å². The zero-order chi connectivity index (χ0) is 21.2. The van der Waals surface area contributed by atoms with E-state index in [9.17, 15) is 4.79 Å². The van der Waals surface area contributed by atoms with Crippen molar-refractivity contribution in [2.45, 2.75) is 6.54 Å². The lowest BCUT2D eigenvalue weighted by molar-refractivity contribution is 0.0948. The second-order valence-electron chi connectivity index (χ2n) is 7.12. The number of carbonyl (C=O) groups excluding carboxylic acids is 1. The van der Waals surface area contributed by atoms with Crippen LogP contribution in [0.25, 0.3) is 33.5 Å². The van der Waals surface area contributed by atoms with Gasteiger partial charge in [-0.15, -0.1) is 0 Å². The molecule has 0 aliphatic carbocycles. The van der Waals surface area contributed by atoms with Gasteiger partial charge in [0.15, 0.2) is 11.2 Å². The first-order valence-electron chi connectivity index (χ1n) is 9.87. The summed E-state index contributed by atoms with van der Waals surface area (Å²) in [5.74, 6) is 0.887. The van der Waals surface area contributed by atoms with E-state index in [1.807, 2.05) is 72.8 Å². The molecule has 1 amide bonds. The molecule has 0 unspecified atom stereocenters. The number of carbonyl (C=O) groups is 1. The van der Waals surface area contributed by atoms with Gasteiger partial charge in [0.2, 0.25) is 5.89 Å². The summed E-state index contributed by atoms with van der Waals surface area (Å²) < 4.78 is 11.2. The SMILES string of the molecule is COc1cc2ccccc2cc1C(=O)NCc1ccc(-c2nc3ncccc3o2)cc1. The molecule has 0 bridgehead atoms. The number of oxazole rings is 1. The second-order valence-corrected chi connectivity index (χ2v) is 7.12. The van der Waals surface area contributed by atoms with Crippen LogP contribution in [0.4, 0.5) is 0 Å².